The number of aliphatic hydroxyl groups is 1. The Morgan fingerprint density at radius 2 is 1.57 bits per heavy atom. The molecular weight excluding hydrogens is 530 g/mol. The van der Waals surface area contributed by atoms with Gasteiger partial charge in [0.05, 0.1) is 6.10 Å². The van der Waals surface area contributed by atoms with Crippen LogP contribution in [0.3, 0.4) is 0 Å². The second-order valence-corrected chi connectivity index (χ2v) is 11.1. The van der Waals surface area contributed by atoms with Crippen LogP contribution >= 0.6 is 0 Å². The first kappa shape index (κ1) is 34.2. The zero-order chi connectivity index (χ0) is 31.4. The lowest BCUT2D eigenvalue weighted by molar-refractivity contribution is 0.0857. The summed E-state index contributed by atoms with van der Waals surface area (Å²) >= 11 is 0. The van der Waals surface area contributed by atoms with E-state index >= 15 is 0 Å². The zero-order valence-corrected chi connectivity index (χ0v) is 25.9. The lowest BCUT2D eigenvalue weighted by atomic mass is 9.85. The second kappa shape index (κ2) is 15.8. The van der Waals surface area contributed by atoms with Crippen LogP contribution in [0.25, 0.3) is 5.57 Å². The van der Waals surface area contributed by atoms with Crippen molar-refractivity contribution in [1.29, 1.82) is 0 Å². The Bertz CT molecular complexity index is 1330. The Labute approximate surface area is 249 Å². The van der Waals surface area contributed by atoms with Crippen LogP contribution < -0.4 is 16.0 Å². The first-order valence-corrected chi connectivity index (χ1v) is 14.1. The summed E-state index contributed by atoms with van der Waals surface area (Å²) in [4.78, 5) is 38.3. The highest BCUT2D eigenvalue weighted by atomic mass is 16.5. The largest absolute Gasteiger partial charge is 0.400 e. The summed E-state index contributed by atoms with van der Waals surface area (Å²) in [6.07, 6.45) is 5.75. The minimum absolute atomic E-state index is 0.0852. The van der Waals surface area contributed by atoms with E-state index in [1.54, 1.807) is 31.3 Å². The first-order chi connectivity index (χ1) is 19.9. The number of carbonyl (C=O) groups excluding carboxylic acids is 3. The highest BCUT2D eigenvalue weighted by Crippen LogP contribution is 2.26. The van der Waals surface area contributed by atoms with Crippen molar-refractivity contribution in [3.63, 3.8) is 0 Å². The number of ether oxygens (including phenoxy) is 1. The highest BCUT2D eigenvalue weighted by molar-refractivity contribution is 6.01. The Hall–Kier alpha value is -4.01. The molecule has 42 heavy (non-hydrogen) atoms. The predicted molar refractivity (Wildman–Crippen MR) is 168 cm³/mol. The summed E-state index contributed by atoms with van der Waals surface area (Å²) in [5.74, 6) is -0.710. The molecule has 1 saturated heterocycles. The average Bonchev–Trinajstić information content (AvgIpc) is 3.51. The number of nitrogens with one attached hydrogen (secondary N) is 3. The molecule has 3 amide bonds. The van der Waals surface area contributed by atoms with E-state index in [-0.39, 0.29) is 29.2 Å². The normalized spacial score (nSPS) is 15.3. The molecule has 1 fully saturated rings. The van der Waals surface area contributed by atoms with E-state index < -0.39 is 0 Å². The summed E-state index contributed by atoms with van der Waals surface area (Å²) < 4.78 is 5.58. The SMILES string of the molecule is C=C(C)/C(=C\C(=C/C)NC(=O)c1cc(C(=O)NC)cc(C(C)(C)C)c1)c1ccc(C(=O)NCC2CCCO2)cc1.CO. The van der Waals surface area contributed by atoms with E-state index in [0.717, 1.165) is 48.8 Å². The van der Waals surface area contributed by atoms with Crippen LogP contribution in [0.1, 0.15) is 89.7 Å². The molecular formula is C34H45N3O5. The molecule has 2 aromatic rings. The molecule has 4 N–H and O–H groups in total. The molecule has 8 heteroatoms. The number of benzene rings is 2. The van der Waals surface area contributed by atoms with Gasteiger partial charge in [-0.1, -0.05) is 51.1 Å². The van der Waals surface area contributed by atoms with Crippen molar-refractivity contribution >= 4 is 23.3 Å². The Balaban J connectivity index is 0.00000301. The molecule has 0 aromatic heterocycles. The van der Waals surface area contributed by atoms with Crippen molar-refractivity contribution in [2.24, 2.45) is 0 Å². The van der Waals surface area contributed by atoms with Gasteiger partial charge in [0.1, 0.15) is 0 Å². The third-order valence-corrected chi connectivity index (χ3v) is 6.85. The molecule has 0 spiro atoms. The number of amides is 3. The third kappa shape index (κ3) is 9.53. The van der Waals surface area contributed by atoms with Gasteiger partial charge in [-0.2, -0.15) is 0 Å². The summed E-state index contributed by atoms with van der Waals surface area (Å²) in [6, 6.07) is 12.5. The molecule has 1 atom stereocenters. The van der Waals surface area contributed by atoms with Gasteiger partial charge in [0, 0.05) is 49.7 Å². The monoisotopic (exact) mass is 575 g/mol. The molecule has 2 aromatic carbocycles. The van der Waals surface area contributed by atoms with Crippen molar-refractivity contribution in [3.05, 3.63) is 100 Å². The smallest absolute Gasteiger partial charge is 0.255 e. The molecule has 1 aliphatic heterocycles. The van der Waals surface area contributed by atoms with E-state index in [1.807, 2.05) is 65.0 Å². The van der Waals surface area contributed by atoms with Crippen LogP contribution in [0.5, 0.6) is 0 Å². The Morgan fingerprint density at radius 1 is 0.976 bits per heavy atom. The van der Waals surface area contributed by atoms with E-state index in [1.165, 1.54) is 0 Å². The number of hydrogen-bond acceptors (Lipinski definition) is 5. The molecule has 1 heterocycles. The maximum atomic E-state index is 13.3. The van der Waals surface area contributed by atoms with Crippen LogP contribution in [-0.2, 0) is 10.2 Å². The number of rotatable bonds is 9. The summed E-state index contributed by atoms with van der Waals surface area (Å²) in [5.41, 5.74) is 5.12. The van der Waals surface area contributed by atoms with Crippen LogP contribution in [0.4, 0.5) is 0 Å². The van der Waals surface area contributed by atoms with Gasteiger partial charge in [-0.15, -0.1) is 0 Å². The van der Waals surface area contributed by atoms with Gasteiger partial charge in [0.15, 0.2) is 0 Å². The van der Waals surface area contributed by atoms with E-state index in [2.05, 4.69) is 22.5 Å². The van der Waals surface area contributed by atoms with Crippen molar-refractivity contribution in [3.8, 4) is 0 Å². The maximum Gasteiger partial charge on any atom is 0.255 e. The predicted octanol–water partition coefficient (Wildman–Crippen LogP) is 5.15. The standard InChI is InChI=1S/C33H41N3O4.CH4O/c1-8-27(36-32(39)25-16-24(30(37)34-7)17-26(18-25)33(4,5)6)19-29(21(2)3)22-11-13-23(14-12-22)31(38)35-20-28-10-9-15-40-28;1-2/h8,11-14,16-19,28H,2,9-10,15,20H2,1,3-7H3,(H,34,37)(H,35,38)(H,36,39);2H,1H3/b27-8+,29-19+;. The topological polar surface area (TPSA) is 117 Å². The van der Waals surface area contributed by atoms with Gasteiger partial charge >= 0.3 is 0 Å². The van der Waals surface area contributed by atoms with Crippen LogP contribution in [0.15, 0.2) is 72.5 Å². The molecule has 3 rings (SSSR count). The van der Waals surface area contributed by atoms with Gasteiger partial charge in [-0.05, 0) is 85.2 Å². The molecule has 0 bridgehead atoms. The number of carbonyl (C=O) groups is 3. The summed E-state index contributed by atoms with van der Waals surface area (Å²) in [7, 11) is 2.57. The molecule has 0 aliphatic carbocycles. The van der Waals surface area contributed by atoms with E-state index in [4.69, 9.17) is 9.84 Å². The van der Waals surface area contributed by atoms with Gasteiger partial charge in [-0.25, -0.2) is 0 Å². The average molecular weight is 576 g/mol. The van der Waals surface area contributed by atoms with Crippen molar-refractivity contribution in [1.82, 2.24) is 16.0 Å². The minimum Gasteiger partial charge on any atom is -0.400 e. The first-order valence-electron chi connectivity index (χ1n) is 14.1. The Morgan fingerprint density at radius 3 is 2.07 bits per heavy atom. The van der Waals surface area contributed by atoms with Crippen molar-refractivity contribution < 1.29 is 24.2 Å². The lowest BCUT2D eigenvalue weighted by Crippen LogP contribution is -2.31. The summed E-state index contributed by atoms with van der Waals surface area (Å²) in [5, 5.41) is 15.5. The fourth-order valence-corrected chi connectivity index (χ4v) is 4.39. The quantitative estimate of drug-likeness (QED) is 0.309. The van der Waals surface area contributed by atoms with Crippen molar-refractivity contribution in [2.45, 2.75) is 59.0 Å². The van der Waals surface area contributed by atoms with E-state index in [9.17, 15) is 14.4 Å². The lowest BCUT2D eigenvalue weighted by Gasteiger charge is -2.21. The third-order valence-electron chi connectivity index (χ3n) is 6.85. The molecule has 0 radical (unpaired) electrons. The summed E-state index contributed by atoms with van der Waals surface area (Å²) in [6.45, 7) is 15.2. The van der Waals surface area contributed by atoms with E-state index in [0.29, 0.717) is 28.9 Å². The number of aliphatic hydroxyl groups excluding tert-OH is 1. The van der Waals surface area contributed by atoms with Crippen molar-refractivity contribution in [2.75, 3.05) is 27.3 Å². The molecule has 1 unspecified atom stereocenters. The number of hydrogen-bond donors (Lipinski definition) is 4. The fourth-order valence-electron chi connectivity index (χ4n) is 4.39. The van der Waals surface area contributed by atoms with Crippen LogP contribution in [0.2, 0.25) is 0 Å². The van der Waals surface area contributed by atoms with Crippen LogP contribution in [0, 0.1) is 0 Å². The van der Waals surface area contributed by atoms with Crippen LogP contribution in [-0.4, -0.2) is 56.2 Å². The highest BCUT2D eigenvalue weighted by Gasteiger charge is 2.20. The molecule has 1 aliphatic rings. The van der Waals surface area contributed by atoms with Gasteiger partial charge in [0.2, 0.25) is 0 Å². The van der Waals surface area contributed by atoms with Gasteiger partial charge in [0.25, 0.3) is 17.7 Å². The minimum atomic E-state index is -0.320. The molecule has 8 nitrogen and oxygen atoms in total. The maximum absolute atomic E-state index is 13.3. The zero-order valence-electron chi connectivity index (χ0n) is 25.9. The fraction of sp³-hybridized carbons (Fsp3) is 0.382. The number of allylic oxidation sites excluding steroid dienone is 4. The molecule has 226 valence electrons. The molecule has 0 saturated carbocycles. The van der Waals surface area contributed by atoms with Gasteiger partial charge in [-0.3, -0.25) is 14.4 Å². The van der Waals surface area contributed by atoms with Gasteiger partial charge < -0.3 is 25.8 Å². The Kier molecular flexibility index (Phi) is 12.9. The second-order valence-electron chi connectivity index (χ2n) is 11.1.